The molecule has 1 aliphatic rings. The molecular formula is C18H14BrNO2S2. The number of aryl methyl sites for hydroxylation is 1. The molecule has 1 saturated heterocycles. The lowest BCUT2D eigenvalue weighted by molar-refractivity contribution is -0.121. The van der Waals surface area contributed by atoms with Crippen molar-refractivity contribution in [2.75, 3.05) is 6.54 Å². The zero-order valence-corrected chi connectivity index (χ0v) is 16.1. The number of carbonyl (C=O) groups excluding carboxylic acids is 1. The zero-order valence-electron chi connectivity index (χ0n) is 12.9. The Bertz CT molecular complexity index is 870. The first-order valence-electron chi connectivity index (χ1n) is 7.22. The van der Waals surface area contributed by atoms with Crippen molar-refractivity contribution in [2.45, 2.75) is 6.92 Å². The van der Waals surface area contributed by atoms with E-state index in [0.29, 0.717) is 21.5 Å². The van der Waals surface area contributed by atoms with Crippen LogP contribution in [0.25, 0.3) is 17.4 Å². The van der Waals surface area contributed by atoms with E-state index in [1.807, 2.05) is 37.3 Å². The number of hydrogen-bond donors (Lipinski definition) is 0. The van der Waals surface area contributed by atoms with Gasteiger partial charge in [0.15, 0.2) is 0 Å². The average molecular weight is 420 g/mol. The number of thiocarbonyl (C=S) groups is 1. The topological polar surface area (TPSA) is 33.5 Å². The molecule has 1 amide bonds. The third kappa shape index (κ3) is 3.41. The van der Waals surface area contributed by atoms with Gasteiger partial charge in [0.2, 0.25) is 0 Å². The molecule has 1 aromatic heterocycles. The van der Waals surface area contributed by atoms with E-state index in [4.69, 9.17) is 16.6 Å². The fourth-order valence-electron chi connectivity index (χ4n) is 2.31. The standard InChI is InChI=1S/C18H14BrNO2S2/c1-3-8-20-17(21)16(24-18(20)23)10-12-5-7-15(22-12)13-6-4-11(2)9-14(13)19/h3-7,9-10H,1,8H2,2H3/b16-10+. The van der Waals surface area contributed by atoms with Crippen LogP contribution in [-0.4, -0.2) is 21.7 Å². The summed E-state index contributed by atoms with van der Waals surface area (Å²) in [6.07, 6.45) is 3.39. The van der Waals surface area contributed by atoms with Crippen LogP contribution < -0.4 is 0 Å². The molecule has 3 rings (SSSR count). The molecule has 0 atom stereocenters. The van der Waals surface area contributed by atoms with Crippen LogP contribution in [0.4, 0.5) is 0 Å². The third-order valence-electron chi connectivity index (χ3n) is 3.48. The second-order valence-electron chi connectivity index (χ2n) is 5.27. The maximum absolute atomic E-state index is 12.3. The van der Waals surface area contributed by atoms with E-state index in [2.05, 4.69) is 22.5 Å². The molecule has 3 nitrogen and oxygen atoms in total. The third-order valence-corrected chi connectivity index (χ3v) is 5.51. The van der Waals surface area contributed by atoms with Crippen LogP contribution in [0.2, 0.25) is 0 Å². The molecule has 0 spiro atoms. The van der Waals surface area contributed by atoms with Crippen molar-refractivity contribution < 1.29 is 9.21 Å². The molecule has 6 heteroatoms. The molecule has 0 radical (unpaired) electrons. The number of halogens is 1. The van der Waals surface area contributed by atoms with Crippen LogP contribution in [0.15, 0.2) is 56.8 Å². The average Bonchev–Trinajstić information content (AvgIpc) is 3.08. The first-order valence-corrected chi connectivity index (χ1v) is 9.24. The molecule has 2 heterocycles. The predicted octanol–water partition coefficient (Wildman–Crippen LogP) is 5.40. The van der Waals surface area contributed by atoms with Gasteiger partial charge >= 0.3 is 0 Å². The molecule has 0 unspecified atom stereocenters. The van der Waals surface area contributed by atoms with E-state index in [9.17, 15) is 4.79 Å². The number of hydrogen-bond acceptors (Lipinski definition) is 4. The van der Waals surface area contributed by atoms with E-state index in [1.54, 1.807) is 12.2 Å². The van der Waals surface area contributed by atoms with Gasteiger partial charge in [-0.3, -0.25) is 9.69 Å². The van der Waals surface area contributed by atoms with Gasteiger partial charge in [-0.2, -0.15) is 0 Å². The second-order valence-corrected chi connectivity index (χ2v) is 7.80. The van der Waals surface area contributed by atoms with Crippen LogP contribution in [0.1, 0.15) is 11.3 Å². The lowest BCUT2D eigenvalue weighted by atomic mass is 10.1. The van der Waals surface area contributed by atoms with Gasteiger partial charge in [-0.25, -0.2) is 0 Å². The Morgan fingerprint density at radius 3 is 2.88 bits per heavy atom. The van der Waals surface area contributed by atoms with Crippen LogP contribution in [0.3, 0.4) is 0 Å². The largest absolute Gasteiger partial charge is 0.457 e. The Hall–Kier alpha value is -1.63. The summed E-state index contributed by atoms with van der Waals surface area (Å²) in [6, 6.07) is 9.82. The van der Waals surface area contributed by atoms with E-state index < -0.39 is 0 Å². The van der Waals surface area contributed by atoms with Crippen molar-refractivity contribution in [3.63, 3.8) is 0 Å². The van der Waals surface area contributed by atoms with Crippen molar-refractivity contribution in [1.82, 2.24) is 4.90 Å². The quantitative estimate of drug-likeness (QED) is 0.377. The van der Waals surface area contributed by atoms with Gasteiger partial charge in [-0.15, -0.1) is 6.58 Å². The van der Waals surface area contributed by atoms with E-state index in [1.165, 1.54) is 22.2 Å². The number of rotatable bonds is 4. The highest BCUT2D eigenvalue weighted by molar-refractivity contribution is 9.10. The van der Waals surface area contributed by atoms with Gasteiger partial charge in [0.05, 0.1) is 4.91 Å². The Morgan fingerprint density at radius 1 is 1.38 bits per heavy atom. The molecule has 0 bridgehead atoms. The van der Waals surface area contributed by atoms with E-state index in [-0.39, 0.29) is 5.91 Å². The minimum Gasteiger partial charge on any atom is -0.457 e. The molecule has 0 N–H and O–H groups in total. The summed E-state index contributed by atoms with van der Waals surface area (Å²) in [7, 11) is 0. The summed E-state index contributed by atoms with van der Waals surface area (Å²) in [6.45, 7) is 6.10. The van der Waals surface area contributed by atoms with E-state index >= 15 is 0 Å². The zero-order chi connectivity index (χ0) is 17.3. The molecule has 1 fully saturated rings. The minimum atomic E-state index is -0.112. The van der Waals surface area contributed by atoms with Crippen LogP contribution in [0, 0.1) is 6.92 Å². The smallest absolute Gasteiger partial charge is 0.266 e. The van der Waals surface area contributed by atoms with Gasteiger partial charge < -0.3 is 4.42 Å². The van der Waals surface area contributed by atoms with Crippen LogP contribution >= 0.6 is 39.9 Å². The van der Waals surface area contributed by atoms with Gasteiger partial charge in [-0.1, -0.05) is 52.1 Å². The van der Waals surface area contributed by atoms with Gasteiger partial charge in [0.25, 0.3) is 5.91 Å². The lowest BCUT2D eigenvalue weighted by Gasteiger charge is -2.10. The van der Waals surface area contributed by atoms with Crippen molar-refractivity contribution in [2.24, 2.45) is 0 Å². The molecular weight excluding hydrogens is 406 g/mol. The first-order chi connectivity index (χ1) is 11.5. The molecule has 1 aromatic carbocycles. The highest BCUT2D eigenvalue weighted by atomic mass is 79.9. The molecule has 0 aliphatic carbocycles. The molecule has 0 saturated carbocycles. The fraction of sp³-hybridized carbons (Fsp3) is 0.111. The van der Waals surface area contributed by atoms with Crippen molar-refractivity contribution in [3.05, 3.63) is 63.7 Å². The second kappa shape index (κ2) is 7.09. The van der Waals surface area contributed by atoms with E-state index in [0.717, 1.165) is 15.8 Å². The van der Waals surface area contributed by atoms with Gasteiger partial charge in [-0.05, 0) is 36.8 Å². The summed E-state index contributed by atoms with van der Waals surface area (Å²) in [5.74, 6) is 1.26. The highest BCUT2D eigenvalue weighted by Gasteiger charge is 2.31. The first kappa shape index (κ1) is 17.2. The lowest BCUT2D eigenvalue weighted by Crippen LogP contribution is -2.27. The maximum Gasteiger partial charge on any atom is 0.266 e. The maximum atomic E-state index is 12.3. The number of furan rings is 1. The summed E-state index contributed by atoms with van der Waals surface area (Å²) >= 11 is 10.1. The Labute approximate surface area is 158 Å². The minimum absolute atomic E-state index is 0.112. The van der Waals surface area contributed by atoms with Crippen LogP contribution in [-0.2, 0) is 4.79 Å². The fourth-order valence-corrected chi connectivity index (χ4v) is 4.25. The van der Waals surface area contributed by atoms with Crippen molar-refractivity contribution in [3.8, 4) is 11.3 Å². The Kier molecular flexibility index (Phi) is 5.08. The number of thioether (sulfide) groups is 1. The summed E-state index contributed by atoms with van der Waals surface area (Å²) < 4.78 is 7.39. The van der Waals surface area contributed by atoms with Gasteiger partial charge in [0.1, 0.15) is 15.8 Å². The summed E-state index contributed by atoms with van der Waals surface area (Å²) in [4.78, 5) is 14.4. The van der Waals surface area contributed by atoms with Crippen LogP contribution in [0.5, 0.6) is 0 Å². The SMILES string of the molecule is C=CCN1C(=O)/C(=C\c2ccc(-c3ccc(C)cc3Br)o2)SC1=S. The Balaban J connectivity index is 1.88. The normalized spacial score (nSPS) is 16.2. The molecule has 122 valence electrons. The molecule has 24 heavy (non-hydrogen) atoms. The van der Waals surface area contributed by atoms with Crippen molar-refractivity contribution >= 4 is 56.2 Å². The summed E-state index contributed by atoms with van der Waals surface area (Å²) in [5, 5.41) is 0. The molecule has 1 aliphatic heterocycles. The van der Waals surface area contributed by atoms with Crippen molar-refractivity contribution in [1.29, 1.82) is 0 Å². The number of nitrogens with zero attached hydrogens (tertiary/aromatic N) is 1. The number of amides is 1. The number of benzene rings is 1. The number of carbonyl (C=O) groups is 1. The molecule has 2 aromatic rings. The predicted molar refractivity (Wildman–Crippen MR) is 107 cm³/mol. The summed E-state index contributed by atoms with van der Waals surface area (Å²) in [5.41, 5.74) is 2.14. The Morgan fingerprint density at radius 2 is 2.17 bits per heavy atom. The monoisotopic (exact) mass is 419 g/mol. The highest BCUT2D eigenvalue weighted by Crippen LogP contribution is 2.35. The van der Waals surface area contributed by atoms with Gasteiger partial charge in [0, 0.05) is 22.7 Å².